The number of hydrogen-bond donors (Lipinski definition) is 0. The Morgan fingerprint density at radius 2 is 2.06 bits per heavy atom. The van der Waals surface area contributed by atoms with E-state index in [2.05, 4.69) is 4.74 Å². The predicted molar refractivity (Wildman–Crippen MR) is 61.8 cm³/mol. The summed E-state index contributed by atoms with van der Waals surface area (Å²) >= 11 is 0. The van der Waals surface area contributed by atoms with Gasteiger partial charge in [0, 0.05) is 24.4 Å². The summed E-state index contributed by atoms with van der Waals surface area (Å²) in [5, 5.41) is 10.9. The molecule has 0 saturated carbocycles. The van der Waals surface area contributed by atoms with Crippen LogP contribution in [0.15, 0.2) is 0 Å². The zero-order valence-electron chi connectivity index (χ0n) is 10.5. The smallest absolute Gasteiger partial charge is 0.334 e. The van der Waals surface area contributed by atoms with Crippen molar-refractivity contribution in [3.8, 4) is 0 Å². The van der Waals surface area contributed by atoms with Crippen LogP contribution in [0.4, 0.5) is 0 Å². The SMILES string of the molecule is COC(=O)C1CCC([N+](=O)[O-])CCCOCCO1. The van der Waals surface area contributed by atoms with Gasteiger partial charge in [0.25, 0.3) is 0 Å². The van der Waals surface area contributed by atoms with E-state index in [0.29, 0.717) is 45.5 Å². The Balaban J connectivity index is 2.59. The van der Waals surface area contributed by atoms with E-state index in [9.17, 15) is 14.9 Å². The van der Waals surface area contributed by atoms with E-state index in [4.69, 9.17) is 9.47 Å². The lowest BCUT2D eigenvalue weighted by atomic mass is 10.0. The van der Waals surface area contributed by atoms with Crippen LogP contribution in [0.2, 0.25) is 0 Å². The van der Waals surface area contributed by atoms with Gasteiger partial charge in [0.2, 0.25) is 6.04 Å². The summed E-state index contributed by atoms with van der Waals surface area (Å²) in [5.74, 6) is -0.489. The first kappa shape index (κ1) is 14.8. The van der Waals surface area contributed by atoms with Gasteiger partial charge in [-0.25, -0.2) is 4.79 Å². The van der Waals surface area contributed by atoms with Gasteiger partial charge in [-0.1, -0.05) is 0 Å². The number of rotatable bonds is 2. The zero-order chi connectivity index (χ0) is 13.4. The largest absolute Gasteiger partial charge is 0.467 e. The average Bonchev–Trinajstić information content (AvgIpc) is 2.41. The highest BCUT2D eigenvalue weighted by atomic mass is 16.6. The van der Waals surface area contributed by atoms with Crippen LogP contribution in [0.1, 0.15) is 25.7 Å². The molecule has 0 bridgehead atoms. The lowest BCUT2D eigenvalue weighted by molar-refractivity contribution is -0.524. The topological polar surface area (TPSA) is 87.9 Å². The van der Waals surface area contributed by atoms with Crippen molar-refractivity contribution >= 4 is 5.97 Å². The summed E-state index contributed by atoms with van der Waals surface area (Å²) in [6, 6.07) is -0.651. The number of hydrogen-bond acceptors (Lipinski definition) is 6. The van der Waals surface area contributed by atoms with Gasteiger partial charge in [-0.05, 0) is 12.8 Å². The Morgan fingerprint density at radius 1 is 1.28 bits per heavy atom. The van der Waals surface area contributed by atoms with Crippen molar-refractivity contribution in [2.45, 2.75) is 37.8 Å². The Kier molecular flexibility index (Phi) is 6.59. The van der Waals surface area contributed by atoms with Gasteiger partial charge in [-0.3, -0.25) is 10.1 Å². The first-order valence-corrected chi connectivity index (χ1v) is 6.05. The van der Waals surface area contributed by atoms with Crippen LogP contribution in [0.5, 0.6) is 0 Å². The van der Waals surface area contributed by atoms with Crippen LogP contribution in [-0.2, 0) is 19.0 Å². The summed E-state index contributed by atoms with van der Waals surface area (Å²) in [4.78, 5) is 22.0. The number of esters is 1. The van der Waals surface area contributed by atoms with E-state index in [-0.39, 0.29) is 4.92 Å². The first-order chi connectivity index (χ1) is 8.65. The molecule has 1 aliphatic heterocycles. The Labute approximate surface area is 106 Å². The van der Waals surface area contributed by atoms with Crippen LogP contribution < -0.4 is 0 Å². The van der Waals surface area contributed by atoms with Crippen molar-refractivity contribution in [1.82, 2.24) is 0 Å². The van der Waals surface area contributed by atoms with E-state index < -0.39 is 18.1 Å². The number of ether oxygens (including phenoxy) is 3. The second kappa shape index (κ2) is 7.99. The summed E-state index contributed by atoms with van der Waals surface area (Å²) in [7, 11) is 1.28. The number of carbonyl (C=O) groups excluding carboxylic acids is 1. The molecule has 0 N–H and O–H groups in total. The molecular formula is C11H19NO6. The normalized spacial score (nSPS) is 26.9. The van der Waals surface area contributed by atoms with Gasteiger partial charge in [0.1, 0.15) is 0 Å². The van der Waals surface area contributed by atoms with Crippen LogP contribution in [0.3, 0.4) is 0 Å². The van der Waals surface area contributed by atoms with E-state index in [1.54, 1.807) is 0 Å². The molecule has 1 saturated heterocycles. The fourth-order valence-electron chi connectivity index (χ4n) is 1.87. The number of nitro groups is 1. The molecule has 1 rings (SSSR count). The number of carbonyl (C=O) groups is 1. The molecule has 0 aromatic rings. The maximum Gasteiger partial charge on any atom is 0.334 e. The molecule has 0 aliphatic carbocycles. The predicted octanol–water partition coefficient (Wildman–Crippen LogP) is 0.780. The molecule has 0 amide bonds. The van der Waals surface area contributed by atoms with Crippen molar-refractivity contribution in [2.75, 3.05) is 26.9 Å². The third kappa shape index (κ3) is 4.97. The lowest BCUT2D eigenvalue weighted by Crippen LogP contribution is -2.29. The van der Waals surface area contributed by atoms with Crippen molar-refractivity contribution in [3.05, 3.63) is 10.1 Å². The van der Waals surface area contributed by atoms with Gasteiger partial charge >= 0.3 is 5.97 Å². The minimum Gasteiger partial charge on any atom is -0.467 e. The molecule has 2 unspecified atom stereocenters. The highest BCUT2D eigenvalue weighted by Gasteiger charge is 2.26. The molecule has 1 aliphatic rings. The van der Waals surface area contributed by atoms with E-state index in [1.165, 1.54) is 7.11 Å². The fraction of sp³-hybridized carbons (Fsp3) is 0.909. The van der Waals surface area contributed by atoms with E-state index in [0.717, 1.165) is 0 Å². The van der Waals surface area contributed by atoms with Gasteiger partial charge in [0.15, 0.2) is 6.10 Å². The van der Waals surface area contributed by atoms with Gasteiger partial charge < -0.3 is 14.2 Å². The molecule has 1 fully saturated rings. The molecule has 1 heterocycles. The van der Waals surface area contributed by atoms with Crippen molar-refractivity contribution in [1.29, 1.82) is 0 Å². The van der Waals surface area contributed by atoms with E-state index >= 15 is 0 Å². The highest BCUT2D eigenvalue weighted by molar-refractivity contribution is 5.74. The summed E-state index contributed by atoms with van der Waals surface area (Å²) in [5.41, 5.74) is 0. The van der Waals surface area contributed by atoms with Gasteiger partial charge in [-0.2, -0.15) is 0 Å². The van der Waals surface area contributed by atoms with Crippen molar-refractivity contribution in [3.63, 3.8) is 0 Å². The molecule has 0 aromatic carbocycles. The molecule has 18 heavy (non-hydrogen) atoms. The Morgan fingerprint density at radius 3 is 2.72 bits per heavy atom. The Hall–Kier alpha value is -1.21. The molecule has 104 valence electrons. The van der Waals surface area contributed by atoms with Crippen molar-refractivity contribution < 1.29 is 23.9 Å². The molecule has 0 spiro atoms. The molecule has 7 heteroatoms. The first-order valence-electron chi connectivity index (χ1n) is 6.05. The minimum atomic E-state index is -0.737. The number of nitrogens with zero attached hydrogens (tertiary/aromatic N) is 1. The summed E-state index contributed by atoms with van der Waals surface area (Å²) < 4.78 is 15.2. The fourth-order valence-corrected chi connectivity index (χ4v) is 1.87. The van der Waals surface area contributed by atoms with E-state index in [1.807, 2.05) is 0 Å². The standard InChI is InChI=1S/C11H19NO6/c1-16-11(13)10-5-4-9(12(14)15)3-2-6-17-7-8-18-10/h9-10H,2-8H2,1H3. The van der Waals surface area contributed by atoms with Gasteiger partial charge in [0.05, 0.1) is 20.3 Å². The lowest BCUT2D eigenvalue weighted by Gasteiger charge is -2.15. The quantitative estimate of drug-likeness (QED) is 0.414. The number of methoxy groups -OCH3 is 1. The highest BCUT2D eigenvalue weighted by Crippen LogP contribution is 2.14. The maximum atomic E-state index is 11.4. The summed E-state index contributed by atoms with van der Waals surface area (Å²) in [6.45, 7) is 1.16. The van der Waals surface area contributed by atoms with Crippen molar-refractivity contribution in [2.24, 2.45) is 0 Å². The second-order valence-corrected chi connectivity index (χ2v) is 4.15. The third-order valence-electron chi connectivity index (χ3n) is 2.90. The Bertz CT molecular complexity index is 283. The second-order valence-electron chi connectivity index (χ2n) is 4.15. The van der Waals surface area contributed by atoms with Crippen LogP contribution in [-0.4, -0.2) is 50.0 Å². The minimum absolute atomic E-state index is 0.295. The molecule has 2 atom stereocenters. The molecule has 0 radical (unpaired) electrons. The maximum absolute atomic E-state index is 11.4. The molecule has 0 aromatic heterocycles. The van der Waals surface area contributed by atoms with Crippen LogP contribution in [0, 0.1) is 10.1 Å². The summed E-state index contributed by atoms with van der Waals surface area (Å²) in [6.07, 6.45) is 0.986. The zero-order valence-corrected chi connectivity index (χ0v) is 10.5. The molecule has 7 nitrogen and oxygen atoms in total. The van der Waals surface area contributed by atoms with Crippen LogP contribution >= 0.6 is 0 Å². The third-order valence-corrected chi connectivity index (χ3v) is 2.90. The monoisotopic (exact) mass is 261 g/mol. The van der Waals surface area contributed by atoms with Gasteiger partial charge in [-0.15, -0.1) is 0 Å². The molecular weight excluding hydrogens is 242 g/mol. The average molecular weight is 261 g/mol. The van der Waals surface area contributed by atoms with Crippen LogP contribution in [0.25, 0.3) is 0 Å².